The predicted molar refractivity (Wildman–Crippen MR) is 50.4 cm³/mol. The molecule has 0 radical (unpaired) electrons. The van der Waals surface area contributed by atoms with Crippen LogP contribution in [-0.4, -0.2) is 11.1 Å². The summed E-state index contributed by atoms with van der Waals surface area (Å²) in [6.45, 7) is -2.68. The molecule has 0 aliphatic rings. The first-order valence-electron chi connectivity index (χ1n) is 3.91. The maximum atomic E-state index is 10.4. The summed E-state index contributed by atoms with van der Waals surface area (Å²) in [4.78, 5) is 20.8. The molecule has 0 aromatic rings. The maximum absolute atomic E-state index is 10.4. The maximum Gasteiger partial charge on any atom is 1.00 e. The van der Waals surface area contributed by atoms with E-state index in [1.807, 2.05) is 6.92 Å². The summed E-state index contributed by atoms with van der Waals surface area (Å²) >= 11 is 0.245. The van der Waals surface area contributed by atoms with Crippen LogP contribution in [0.15, 0.2) is 0 Å². The molecule has 0 fully saturated rings. The van der Waals surface area contributed by atoms with Gasteiger partial charge in [-0.05, 0) is 13.2 Å². The van der Waals surface area contributed by atoms with Crippen molar-refractivity contribution in [1.82, 2.24) is 0 Å². The fraction of sp³-hybridized carbons (Fsp3) is 0.833. The molecule has 0 aliphatic carbocycles. The van der Waals surface area contributed by atoms with Gasteiger partial charge in [0, 0.05) is 0 Å². The average Bonchev–Trinajstić information content (AvgIpc) is 1.95. The van der Waals surface area contributed by atoms with Crippen LogP contribution in [0, 0.1) is 5.41 Å². The Hall–Kier alpha value is 0.970. The van der Waals surface area contributed by atoms with Gasteiger partial charge in [0.25, 0.3) is 0 Å². The molecule has 1 unspecified atom stereocenters. The Balaban J connectivity index is 0. The predicted octanol–water partition coefficient (Wildman–Crippen LogP) is -2.95. The van der Waals surface area contributed by atoms with E-state index in [2.05, 4.69) is 0 Å². The summed E-state index contributed by atoms with van der Waals surface area (Å²) in [5.74, 6) is -0.245. The molecule has 0 rings (SSSR count). The minimum Gasteiger partial charge on any atom is -0.803 e. The van der Waals surface area contributed by atoms with Gasteiger partial charge in [0.15, 0.2) is 0 Å². The van der Waals surface area contributed by atoms with Crippen LogP contribution in [0.2, 0.25) is 0 Å². The third kappa shape index (κ3) is 9.52. The van der Waals surface area contributed by atoms with Crippen molar-refractivity contribution in [3.05, 3.63) is 0 Å². The molecule has 0 amide bonds. The van der Waals surface area contributed by atoms with E-state index < -0.39 is 12.0 Å². The number of hydrogen-bond acceptors (Lipinski definition) is 5. The Morgan fingerprint density at radius 1 is 1.64 bits per heavy atom. The van der Waals surface area contributed by atoms with Crippen molar-refractivity contribution in [2.24, 2.45) is 5.73 Å². The van der Waals surface area contributed by atoms with Crippen LogP contribution in [-0.2, 0) is 4.57 Å². The molecule has 0 bridgehead atoms. The zero-order valence-electron chi connectivity index (χ0n) is 8.36. The SMILES string of the molecule is CCCCC(SP(=O)([O-])[O-])C(=N)N.[Na+]. The smallest absolute Gasteiger partial charge is 0.803 e. The van der Waals surface area contributed by atoms with Crippen molar-refractivity contribution < 1.29 is 43.9 Å². The van der Waals surface area contributed by atoms with Crippen molar-refractivity contribution in [3.63, 3.8) is 0 Å². The zero-order chi connectivity index (χ0) is 10.5. The van der Waals surface area contributed by atoms with E-state index in [0.29, 0.717) is 6.42 Å². The molecular weight excluding hydrogens is 234 g/mol. The monoisotopic (exact) mass is 247 g/mol. The number of unbranched alkanes of at least 4 members (excludes halogenated alkanes) is 1. The van der Waals surface area contributed by atoms with Gasteiger partial charge in [-0.1, -0.05) is 19.8 Å². The Labute approximate surface area is 110 Å². The van der Waals surface area contributed by atoms with Gasteiger partial charge >= 0.3 is 29.6 Å². The standard InChI is InChI=1S/C6H15N2O3PS.Na/c1-2-3-4-5(6(7)8)13-12(9,10)11;/h5H,2-4H2,1H3,(H3,7,8)(H2,9,10,11);/q;+1/p-2. The number of nitrogens with two attached hydrogens (primary N) is 1. The van der Waals surface area contributed by atoms with Crippen molar-refractivity contribution in [3.8, 4) is 0 Å². The van der Waals surface area contributed by atoms with Crippen LogP contribution in [0.4, 0.5) is 0 Å². The first-order valence-corrected chi connectivity index (χ1v) is 6.94. The molecule has 8 heteroatoms. The fourth-order valence-corrected chi connectivity index (χ4v) is 3.10. The van der Waals surface area contributed by atoms with E-state index in [9.17, 15) is 14.4 Å². The van der Waals surface area contributed by atoms with E-state index in [0.717, 1.165) is 12.8 Å². The van der Waals surface area contributed by atoms with Crippen LogP contribution in [0.3, 0.4) is 0 Å². The molecule has 5 nitrogen and oxygen atoms in total. The molecule has 0 heterocycles. The molecule has 78 valence electrons. The van der Waals surface area contributed by atoms with Gasteiger partial charge in [-0.2, -0.15) is 0 Å². The van der Waals surface area contributed by atoms with E-state index in [1.54, 1.807) is 0 Å². The summed E-state index contributed by atoms with van der Waals surface area (Å²) in [5.41, 5.74) is 5.15. The number of amidine groups is 1. The molecule has 0 saturated carbocycles. The van der Waals surface area contributed by atoms with Gasteiger partial charge < -0.3 is 20.1 Å². The number of hydrogen-bond donors (Lipinski definition) is 2. The minimum absolute atomic E-state index is 0. The van der Waals surface area contributed by atoms with Crippen LogP contribution in [0.5, 0.6) is 0 Å². The van der Waals surface area contributed by atoms with Crippen molar-refractivity contribution >= 4 is 24.0 Å². The summed E-state index contributed by atoms with van der Waals surface area (Å²) in [6, 6.07) is 0. The first kappa shape index (κ1) is 17.4. The third-order valence-corrected chi connectivity index (χ3v) is 3.96. The summed E-state index contributed by atoms with van der Waals surface area (Å²) in [7, 11) is 0. The third-order valence-electron chi connectivity index (χ3n) is 1.42. The topological polar surface area (TPSA) is 113 Å². The average molecular weight is 247 g/mol. The van der Waals surface area contributed by atoms with Crippen molar-refractivity contribution in [2.45, 2.75) is 31.4 Å². The summed E-state index contributed by atoms with van der Waals surface area (Å²) in [6.07, 6.45) is 2.11. The van der Waals surface area contributed by atoms with Gasteiger partial charge in [-0.25, -0.2) is 0 Å². The van der Waals surface area contributed by atoms with Gasteiger partial charge in [0.2, 0.25) is 0 Å². The van der Waals surface area contributed by atoms with Crippen molar-refractivity contribution in [1.29, 1.82) is 5.41 Å². The molecule has 1 atom stereocenters. The van der Waals surface area contributed by atoms with E-state index >= 15 is 0 Å². The van der Waals surface area contributed by atoms with E-state index in [1.165, 1.54) is 0 Å². The number of rotatable bonds is 6. The second-order valence-corrected chi connectivity index (χ2v) is 6.29. The molecule has 0 aromatic carbocycles. The Kier molecular flexibility index (Phi) is 10.1. The second-order valence-electron chi connectivity index (χ2n) is 2.64. The minimum atomic E-state index is -4.62. The van der Waals surface area contributed by atoms with Gasteiger partial charge in [0.1, 0.15) is 5.84 Å². The van der Waals surface area contributed by atoms with Gasteiger partial charge in [-0.3, -0.25) is 5.41 Å². The molecule has 0 aliphatic heterocycles. The van der Waals surface area contributed by atoms with Crippen LogP contribution in [0.1, 0.15) is 26.2 Å². The number of nitrogens with one attached hydrogen (secondary N) is 1. The summed E-state index contributed by atoms with van der Waals surface area (Å²) in [5, 5.41) is 6.39. The van der Waals surface area contributed by atoms with Gasteiger partial charge in [0.05, 0.1) is 5.25 Å². The molecular formula is C6H13N2NaO3PS-. The largest absolute Gasteiger partial charge is 1.00 e. The van der Waals surface area contributed by atoms with E-state index in [4.69, 9.17) is 11.1 Å². The quantitative estimate of drug-likeness (QED) is 0.225. The summed E-state index contributed by atoms with van der Waals surface area (Å²) < 4.78 is 10.4. The fourth-order valence-electron chi connectivity index (χ4n) is 0.810. The molecule has 3 N–H and O–H groups in total. The van der Waals surface area contributed by atoms with Gasteiger partial charge in [-0.15, -0.1) is 11.4 Å². The van der Waals surface area contributed by atoms with E-state index in [-0.39, 0.29) is 46.8 Å². The molecule has 0 spiro atoms. The zero-order valence-corrected chi connectivity index (χ0v) is 12.1. The van der Waals surface area contributed by atoms with Crippen LogP contribution in [0.25, 0.3) is 0 Å². The molecule has 0 saturated heterocycles. The van der Waals surface area contributed by atoms with Crippen molar-refractivity contribution in [2.75, 3.05) is 0 Å². The van der Waals surface area contributed by atoms with Crippen LogP contribution >= 0.6 is 18.2 Å². The molecule has 14 heavy (non-hydrogen) atoms. The Morgan fingerprint density at radius 2 is 2.14 bits per heavy atom. The normalized spacial score (nSPS) is 13.1. The first-order chi connectivity index (χ1) is 5.87. The Morgan fingerprint density at radius 3 is 2.43 bits per heavy atom. The second kappa shape index (κ2) is 8.16. The Bertz CT molecular complexity index is 223. The van der Waals surface area contributed by atoms with Crippen LogP contribution < -0.4 is 45.1 Å². The molecule has 0 aromatic heterocycles.